The SMILES string of the molecule is Cc1nc(C(F)(F)F)ccc1C(=O)NCc1ccc(CN2CCC(C)CC2)cc1. The number of carbonyl (C=O) groups is 1. The van der Waals surface area contributed by atoms with E-state index in [2.05, 4.69) is 34.3 Å². The fourth-order valence-corrected chi connectivity index (χ4v) is 3.48. The molecule has 1 N–H and O–H groups in total. The Balaban J connectivity index is 1.54. The van der Waals surface area contributed by atoms with E-state index in [-0.39, 0.29) is 11.3 Å². The lowest BCUT2D eigenvalue weighted by Crippen LogP contribution is -2.32. The van der Waals surface area contributed by atoms with Gasteiger partial charge in [-0.05, 0) is 62.0 Å². The standard InChI is InChI=1S/C22H26F3N3O/c1-15-9-11-28(12-10-15)14-18-5-3-17(4-6-18)13-26-21(29)19-7-8-20(22(23,24)25)27-16(19)2/h3-8,15H,9-14H2,1-2H3,(H,26,29). The zero-order chi connectivity index (χ0) is 21.0. The lowest BCUT2D eigenvalue weighted by molar-refractivity contribution is -0.141. The minimum atomic E-state index is -4.52. The van der Waals surface area contributed by atoms with Gasteiger partial charge in [-0.1, -0.05) is 31.2 Å². The van der Waals surface area contributed by atoms with Gasteiger partial charge in [-0.3, -0.25) is 9.69 Å². The first kappa shape index (κ1) is 21.3. The zero-order valence-electron chi connectivity index (χ0n) is 16.7. The van der Waals surface area contributed by atoms with E-state index >= 15 is 0 Å². The number of hydrogen-bond donors (Lipinski definition) is 1. The molecule has 2 aromatic rings. The van der Waals surface area contributed by atoms with Gasteiger partial charge >= 0.3 is 6.18 Å². The van der Waals surface area contributed by atoms with Gasteiger partial charge < -0.3 is 5.32 Å². The topological polar surface area (TPSA) is 45.2 Å². The Kier molecular flexibility index (Phi) is 6.57. The summed E-state index contributed by atoms with van der Waals surface area (Å²) in [5.41, 5.74) is 1.38. The predicted octanol–water partition coefficient (Wildman–Crippen LogP) is 4.57. The maximum atomic E-state index is 12.7. The molecule has 0 spiro atoms. The number of benzene rings is 1. The van der Waals surface area contributed by atoms with Gasteiger partial charge in [0.25, 0.3) is 5.91 Å². The predicted molar refractivity (Wildman–Crippen MR) is 105 cm³/mol. The van der Waals surface area contributed by atoms with Gasteiger partial charge in [-0.2, -0.15) is 13.2 Å². The van der Waals surface area contributed by atoms with Crippen molar-refractivity contribution in [2.75, 3.05) is 13.1 Å². The summed E-state index contributed by atoms with van der Waals surface area (Å²) in [6, 6.07) is 10.1. The summed E-state index contributed by atoms with van der Waals surface area (Å²) in [6.45, 7) is 7.18. The van der Waals surface area contributed by atoms with Crippen LogP contribution in [0.25, 0.3) is 0 Å². The molecule has 0 bridgehead atoms. The third kappa shape index (κ3) is 5.79. The van der Waals surface area contributed by atoms with Crippen molar-refractivity contribution in [3.05, 3.63) is 64.5 Å². The molecule has 1 aromatic carbocycles. The van der Waals surface area contributed by atoms with Crippen molar-refractivity contribution in [2.24, 2.45) is 5.92 Å². The minimum absolute atomic E-state index is 0.0588. The van der Waals surface area contributed by atoms with Crippen LogP contribution in [0.15, 0.2) is 36.4 Å². The largest absolute Gasteiger partial charge is 0.433 e. The Morgan fingerprint density at radius 3 is 2.31 bits per heavy atom. The number of hydrogen-bond acceptors (Lipinski definition) is 3. The van der Waals surface area contributed by atoms with Crippen molar-refractivity contribution < 1.29 is 18.0 Å². The van der Waals surface area contributed by atoms with Crippen LogP contribution < -0.4 is 5.32 Å². The molecule has 1 saturated heterocycles. The second-order valence-corrected chi connectivity index (χ2v) is 7.79. The number of halogens is 3. The number of carbonyl (C=O) groups excluding carboxylic acids is 1. The number of alkyl halides is 3. The zero-order valence-corrected chi connectivity index (χ0v) is 16.7. The highest BCUT2D eigenvalue weighted by atomic mass is 19.4. The van der Waals surface area contributed by atoms with E-state index in [1.807, 2.05) is 12.1 Å². The minimum Gasteiger partial charge on any atom is -0.348 e. The van der Waals surface area contributed by atoms with Gasteiger partial charge in [0.15, 0.2) is 0 Å². The molecule has 1 aromatic heterocycles. The van der Waals surface area contributed by atoms with Crippen molar-refractivity contribution in [1.82, 2.24) is 15.2 Å². The number of likely N-dealkylation sites (tertiary alicyclic amines) is 1. The Labute approximate surface area is 169 Å². The average molecular weight is 405 g/mol. The van der Waals surface area contributed by atoms with Crippen LogP contribution in [0.2, 0.25) is 0 Å². The van der Waals surface area contributed by atoms with E-state index in [0.717, 1.165) is 37.2 Å². The van der Waals surface area contributed by atoms with E-state index in [1.54, 1.807) is 0 Å². The molecule has 1 amide bonds. The Bertz CT molecular complexity index is 841. The number of amides is 1. The first-order valence-corrected chi connectivity index (χ1v) is 9.85. The molecule has 2 heterocycles. The van der Waals surface area contributed by atoms with E-state index in [1.165, 1.54) is 31.4 Å². The number of nitrogens with one attached hydrogen (secondary N) is 1. The van der Waals surface area contributed by atoms with Gasteiger partial charge in [0.1, 0.15) is 5.69 Å². The molecule has 4 nitrogen and oxygen atoms in total. The molecule has 156 valence electrons. The molecule has 0 radical (unpaired) electrons. The third-order valence-electron chi connectivity index (χ3n) is 5.38. The number of aryl methyl sites for hydroxylation is 1. The number of nitrogens with zero attached hydrogens (tertiary/aromatic N) is 2. The first-order valence-electron chi connectivity index (χ1n) is 9.85. The smallest absolute Gasteiger partial charge is 0.348 e. The van der Waals surface area contributed by atoms with Crippen LogP contribution in [0.5, 0.6) is 0 Å². The maximum absolute atomic E-state index is 12.7. The molecule has 7 heteroatoms. The number of aromatic nitrogens is 1. The Hall–Kier alpha value is -2.41. The van der Waals surface area contributed by atoms with Gasteiger partial charge in [-0.15, -0.1) is 0 Å². The molecule has 1 fully saturated rings. The quantitative estimate of drug-likeness (QED) is 0.793. The normalized spacial score (nSPS) is 16.0. The molecule has 0 unspecified atom stereocenters. The van der Waals surface area contributed by atoms with E-state index < -0.39 is 17.8 Å². The van der Waals surface area contributed by atoms with Crippen molar-refractivity contribution >= 4 is 5.91 Å². The highest BCUT2D eigenvalue weighted by Gasteiger charge is 2.33. The summed E-state index contributed by atoms with van der Waals surface area (Å²) in [7, 11) is 0. The van der Waals surface area contributed by atoms with Gasteiger partial charge in [0.2, 0.25) is 0 Å². The first-order chi connectivity index (χ1) is 13.7. The highest BCUT2D eigenvalue weighted by molar-refractivity contribution is 5.95. The Morgan fingerprint density at radius 2 is 1.72 bits per heavy atom. The Morgan fingerprint density at radius 1 is 1.10 bits per heavy atom. The van der Waals surface area contributed by atoms with Crippen LogP contribution in [0.1, 0.15) is 52.6 Å². The lowest BCUT2D eigenvalue weighted by Gasteiger charge is -2.30. The van der Waals surface area contributed by atoms with Crippen molar-refractivity contribution in [2.45, 2.75) is 46.0 Å². The monoisotopic (exact) mass is 405 g/mol. The van der Waals surface area contributed by atoms with Crippen LogP contribution in [0.3, 0.4) is 0 Å². The summed E-state index contributed by atoms with van der Waals surface area (Å²) in [4.78, 5) is 18.3. The molecule has 0 saturated carbocycles. The van der Waals surface area contributed by atoms with Crippen LogP contribution in [-0.2, 0) is 19.3 Å². The summed E-state index contributed by atoms with van der Waals surface area (Å²) in [5.74, 6) is 0.371. The number of pyridine rings is 1. The van der Waals surface area contributed by atoms with E-state index in [0.29, 0.717) is 6.54 Å². The van der Waals surface area contributed by atoms with Gasteiger partial charge in [-0.25, -0.2) is 4.98 Å². The van der Waals surface area contributed by atoms with Crippen LogP contribution in [0, 0.1) is 12.8 Å². The summed E-state index contributed by atoms with van der Waals surface area (Å²) >= 11 is 0. The molecule has 1 aliphatic heterocycles. The fourth-order valence-electron chi connectivity index (χ4n) is 3.48. The molecule has 0 atom stereocenters. The lowest BCUT2D eigenvalue weighted by atomic mass is 9.99. The van der Waals surface area contributed by atoms with Gasteiger partial charge in [0.05, 0.1) is 11.3 Å². The average Bonchev–Trinajstić information content (AvgIpc) is 2.68. The second-order valence-electron chi connectivity index (χ2n) is 7.79. The second kappa shape index (κ2) is 8.95. The van der Waals surface area contributed by atoms with E-state index in [9.17, 15) is 18.0 Å². The summed E-state index contributed by atoms with van der Waals surface area (Å²) < 4.78 is 38.1. The molecular formula is C22H26F3N3O. The molecule has 0 aliphatic carbocycles. The van der Waals surface area contributed by atoms with E-state index in [4.69, 9.17) is 0 Å². The fraction of sp³-hybridized carbons (Fsp3) is 0.455. The number of rotatable bonds is 5. The summed E-state index contributed by atoms with van der Waals surface area (Å²) in [6.07, 6.45) is -2.04. The third-order valence-corrected chi connectivity index (χ3v) is 5.38. The van der Waals surface area contributed by atoms with Gasteiger partial charge in [0, 0.05) is 13.1 Å². The van der Waals surface area contributed by atoms with Crippen molar-refractivity contribution in [1.29, 1.82) is 0 Å². The molecule has 29 heavy (non-hydrogen) atoms. The summed E-state index contributed by atoms with van der Waals surface area (Å²) in [5, 5.41) is 2.75. The van der Waals surface area contributed by atoms with Crippen molar-refractivity contribution in [3.63, 3.8) is 0 Å². The van der Waals surface area contributed by atoms with Crippen molar-refractivity contribution in [3.8, 4) is 0 Å². The highest BCUT2D eigenvalue weighted by Crippen LogP contribution is 2.28. The molecule has 1 aliphatic rings. The van der Waals surface area contributed by atoms with Crippen LogP contribution in [-0.4, -0.2) is 28.9 Å². The van der Waals surface area contributed by atoms with Crippen LogP contribution >= 0.6 is 0 Å². The maximum Gasteiger partial charge on any atom is 0.433 e. The number of piperidine rings is 1. The molecular weight excluding hydrogens is 379 g/mol. The molecule has 3 rings (SSSR count). The van der Waals surface area contributed by atoms with Crippen LogP contribution in [0.4, 0.5) is 13.2 Å².